The number of fused-ring (bicyclic) bond motifs is 4. The largest absolute Gasteiger partial charge is 0.508 e. The Morgan fingerprint density at radius 3 is 1.82 bits per heavy atom. The van der Waals surface area contributed by atoms with E-state index in [0.717, 1.165) is 19.6 Å². The fourth-order valence-corrected chi connectivity index (χ4v) is 16.4. The zero-order chi connectivity index (χ0) is 92.5. The number of aromatic amines is 1. The molecule has 3 aliphatic heterocycles. The molecule has 8 rings (SSSR count). The summed E-state index contributed by atoms with van der Waals surface area (Å²) < 4.78 is 7.13. The van der Waals surface area contributed by atoms with Gasteiger partial charge in [-0.3, -0.25) is 76.7 Å². The molecule has 0 spiro atoms. The van der Waals surface area contributed by atoms with Crippen LogP contribution in [0.25, 0.3) is 21.8 Å². The number of carbonyl (C=O) groups excluding carboxylic acids is 15. The summed E-state index contributed by atoms with van der Waals surface area (Å²) in [4.78, 5) is 241. The number of nitrogens with one attached hydrogen (secondary N) is 9. The maximum absolute atomic E-state index is 15.8. The zero-order valence-corrected chi connectivity index (χ0v) is 73.4. The van der Waals surface area contributed by atoms with Gasteiger partial charge in [0.25, 0.3) is 0 Å². The number of unbranched alkanes of at least 4 members (excludes halogenated alkanes) is 2. The van der Waals surface area contributed by atoms with Gasteiger partial charge in [-0.2, -0.15) is 0 Å². The van der Waals surface area contributed by atoms with Crippen molar-refractivity contribution in [2.24, 2.45) is 29.2 Å². The minimum Gasteiger partial charge on any atom is -0.508 e. The smallest absolute Gasteiger partial charge is 0.323 e. The topological polar surface area (TPSA) is 548 Å². The van der Waals surface area contributed by atoms with Crippen molar-refractivity contribution in [1.82, 2.24) is 76.6 Å². The van der Waals surface area contributed by atoms with Crippen LogP contribution in [0.5, 0.6) is 5.75 Å². The molecule has 3 aromatic carbocycles. The Morgan fingerprint density at radius 1 is 0.587 bits per heavy atom. The second-order valence-corrected chi connectivity index (χ2v) is 33.8. The lowest BCUT2D eigenvalue weighted by molar-refractivity contribution is -0.149. The minimum atomic E-state index is -1.88. The number of ether oxygens (including phenoxy) is 1. The highest BCUT2D eigenvalue weighted by Crippen LogP contribution is 2.30. The minimum absolute atomic E-state index is 0.0105. The van der Waals surface area contributed by atoms with E-state index in [4.69, 9.17) is 16.2 Å². The third kappa shape index (κ3) is 26.8. The number of carboxylic acids is 1. The van der Waals surface area contributed by atoms with Gasteiger partial charge in [0.05, 0.1) is 31.8 Å². The first-order valence-corrected chi connectivity index (χ1v) is 43.2. The molecular weight excluding hydrogens is 1630 g/mol. The number of carbonyl (C=O) groups is 16. The number of likely N-dealkylation sites (N-methyl/N-ethyl adjacent to an activating group) is 3. The molecule has 38 nitrogen and oxygen atoms in total. The number of nitrogens with zero attached hydrogens (tertiary/aromatic N) is 6. The molecule has 38 heteroatoms. The van der Waals surface area contributed by atoms with Crippen LogP contribution in [-0.4, -0.2) is 295 Å². The lowest BCUT2D eigenvalue weighted by Gasteiger charge is -2.36. The second-order valence-electron chi connectivity index (χ2n) is 33.8. The number of primary amides is 1. The van der Waals surface area contributed by atoms with Crippen molar-refractivity contribution in [3.8, 4) is 5.75 Å². The van der Waals surface area contributed by atoms with Crippen molar-refractivity contribution in [2.45, 2.75) is 236 Å². The molecule has 3 aliphatic rings. The number of carboxylic acid groups (broad SMARTS) is 1. The Kier molecular flexibility index (Phi) is 37.0. The lowest BCUT2D eigenvalue weighted by Crippen LogP contribution is -2.61. The standard InChI is InChI=1S/C88H125N17O21/c1-11-13-23-69-82(119)94-61(34-49(3)4)79(116)91-31-33-126-48-75(111)93-63(36-52-27-29-56(107)30-28-52)84(121)100(8)51(7)77(114)95-65(41-74(90)110)86(123)104-32-19-26-70(104)83(120)98-66(42-89)80(117)96-62(35-50(5)6)87(124)105-45-57(108)40-72(105)73(109)39-53(37-54-43-92-60-22-17-15-20-58(54)60)78(115)99-67(47-106)81(118)97-64(85(122)102(10)71(24-14-12-2)88(125)101(69)9)38-55-44-103(46-76(112)113)68-25-18-16-21-59(55)68/h15-18,20-22,25,27-30,43-44,49-51,53,57,61-67,69-72,92,106-108H,11-14,19,23-24,26,31-42,45-48,89H2,1-10H3,(H2,90,110)(H,91,116)(H,93,111)(H,94,119)(H,95,114)(H,96,117)(H,97,118)(H,98,120)(H,99,115)(H,112,113)/t51-,53+,57+,61-,62-,63-,64-,65-,66-,67-,69-,70-,71-,72-/m0/s1. The first-order valence-electron chi connectivity index (χ1n) is 43.2. The highest BCUT2D eigenvalue weighted by molar-refractivity contribution is 6.02. The SMILES string of the molecule is CCCC[C@H]1C(=O)N(C)[C@@H](CCCC)C(=O)N[C@@H](CC(C)C)C(=O)NCCOCC(=O)N[C@@H](Cc2ccc(O)cc2)C(=O)N(C)[C@@H](C)C(=O)N[C@@H](CC(N)=O)C(=O)N2CCC[C@H]2C(=O)N[C@@H](CN)C(=O)N[C@@H](CC(C)C)C(=O)N2C[C@H](O)C[C@H]2C(=O)C[C@@H](Cc2c[nH]c3ccccc23)C(=O)N[C@@H](CO)C(=O)N[C@@H](Cc2cn(CC(=O)O)c3ccccc23)C(=O)N1C. The van der Waals surface area contributed by atoms with Crippen molar-refractivity contribution in [1.29, 1.82) is 0 Å². The molecule has 688 valence electrons. The van der Waals surface area contributed by atoms with Crippen LogP contribution >= 0.6 is 0 Å². The Hall–Kier alpha value is -11.9. The highest BCUT2D eigenvalue weighted by Gasteiger charge is 2.46. The number of amides is 14. The molecular formula is C88H125N17O21. The van der Waals surface area contributed by atoms with Crippen LogP contribution in [0.2, 0.25) is 0 Å². The predicted molar refractivity (Wildman–Crippen MR) is 462 cm³/mol. The first kappa shape index (κ1) is 99.5. The van der Waals surface area contributed by atoms with E-state index in [2.05, 4.69) is 47.5 Å². The Balaban J connectivity index is 1.16. The van der Waals surface area contributed by atoms with E-state index >= 15 is 28.8 Å². The normalized spacial score (nSPS) is 25.3. The van der Waals surface area contributed by atoms with Gasteiger partial charge in [0.1, 0.15) is 85.4 Å². The maximum Gasteiger partial charge on any atom is 0.323 e. The lowest BCUT2D eigenvalue weighted by atomic mass is 9.90. The van der Waals surface area contributed by atoms with E-state index in [1.165, 1.54) is 68.0 Å². The summed E-state index contributed by atoms with van der Waals surface area (Å²) in [5, 5.41) is 65.3. The van der Waals surface area contributed by atoms with Gasteiger partial charge < -0.3 is 113 Å². The molecule has 3 fully saturated rings. The highest BCUT2D eigenvalue weighted by atomic mass is 16.5. The Labute approximate surface area is 731 Å². The summed E-state index contributed by atoms with van der Waals surface area (Å²) in [6.45, 7) is 8.34. The van der Waals surface area contributed by atoms with Crippen molar-refractivity contribution >= 4 is 116 Å². The molecule has 0 saturated carbocycles. The third-order valence-electron chi connectivity index (χ3n) is 23.3. The van der Waals surface area contributed by atoms with Gasteiger partial charge >= 0.3 is 5.97 Å². The summed E-state index contributed by atoms with van der Waals surface area (Å²) in [6, 6.07) is 1.78. The number of aliphatic hydroxyl groups is 2. The summed E-state index contributed by atoms with van der Waals surface area (Å²) in [6.07, 6.45) is 1.49. The van der Waals surface area contributed by atoms with Crippen LogP contribution < -0.4 is 54.0 Å². The molecule has 0 aliphatic carbocycles. The van der Waals surface area contributed by atoms with E-state index in [1.807, 2.05) is 27.7 Å². The second kappa shape index (κ2) is 46.9. The summed E-state index contributed by atoms with van der Waals surface area (Å²) in [7, 11) is 4.00. The predicted octanol–water partition coefficient (Wildman–Crippen LogP) is -0.191. The van der Waals surface area contributed by atoms with E-state index in [0.29, 0.717) is 64.2 Å². The monoisotopic (exact) mass is 1760 g/mol. The van der Waals surface area contributed by atoms with Crippen LogP contribution in [0, 0.1) is 17.8 Å². The molecule has 2 aromatic heterocycles. The molecule has 0 bridgehead atoms. The van der Waals surface area contributed by atoms with E-state index in [9.17, 15) is 68.4 Å². The number of aromatic hydroxyl groups is 1. The Morgan fingerprint density at radius 2 is 1.17 bits per heavy atom. The van der Waals surface area contributed by atoms with Gasteiger partial charge in [-0.05, 0) is 105 Å². The van der Waals surface area contributed by atoms with Crippen molar-refractivity contribution in [2.75, 3.05) is 67.1 Å². The number of phenolic OH excluding ortho intramolecular Hbond substituents is 1. The average molecular weight is 1760 g/mol. The molecule has 5 heterocycles. The maximum atomic E-state index is 15.8. The molecule has 17 N–H and O–H groups in total. The molecule has 14 amide bonds. The fraction of sp³-hybridized carbons (Fsp3) is 0.568. The first-order chi connectivity index (χ1) is 59.9. The number of ketones is 1. The number of Topliss-reactive ketones (excluding diaryl/α,β-unsaturated/α-hetero) is 1. The number of H-pyrrole nitrogens is 1. The molecule has 14 atom stereocenters. The van der Waals surface area contributed by atoms with Gasteiger partial charge in [-0.15, -0.1) is 0 Å². The molecule has 0 unspecified atom stereocenters. The molecule has 126 heavy (non-hydrogen) atoms. The van der Waals surface area contributed by atoms with E-state index in [1.54, 1.807) is 68.6 Å². The van der Waals surface area contributed by atoms with Crippen LogP contribution in [0.15, 0.2) is 85.2 Å². The van der Waals surface area contributed by atoms with Crippen molar-refractivity contribution in [3.05, 3.63) is 102 Å². The van der Waals surface area contributed by atoms with E-state index < -0.39 is 225 Å². The molecule has 5 aromatic rings. The number of aliphatic hydroxyl groups excluding tert-OH is 2. The number of para-hydroxylation sites is 2. The number of benzene rings is 3. The van der Waals surface area contributed by atoms with Crippen LogP contribution in [0.3, 0.4) is 0 Å². The molecule has 0 radical (unpaired) electrons. The van der Waals surface area contributed by atoms with Crippen LogP contribution in [-0.2, 0) is 107 Å². The van der Waals surface area contributed by atoms with Crippen LogP contribution in [0.4, 0.5) is 0 Å². The fourth-order valence-electron chi connectivity index (χ4n) is 16.4. The van der Waals surface area contributed by atoms with Crippen molar-refractivity contribution in [3.63, 3.8) is 0 Å². The van der Waals surface area contributed by atoms with Gasteiger partial charge in [-0.1, -0.05) is 116 Å². The zero-order valence-electron chi connectivity index (χ0n) is 73.4. The number of phenols is 1. The van der Waals surface area contributed by atoms with E-state index in [-0.39, 0.29) is 101 Å². The number of hydrogen-bond acceptors (Lipinski definition) is 21. The summed E-state index contributed by atoms with van der Waals surface area (Å²) in [5.41, 5.74) is 14.3. The van der Waals surface area contributed by atoms with Gasteiger partial charge in [0.15, 0.2) is 5.78 Å². The Bertz CT molecular complexity index is 4700. The molecule has 3 saturated heterocycles. The number of rotatable bonds is 22. The van der Waals surface area contributed by atoms with Gasteiger partial charge in [0.2, 0.25) is 82.7 Å². The number of aliphatic carboxylic acids is 1. The third-order valence-corrected chi connectivity index (χ3v) is 23.3. The average Bonchev–Trinajstić information content (AvgIpc) is 1.60. The number of hydrogen-bond donors (Lipinski definition) is 15. The van der Waals surface area contributed by atoms with Gasteiger partial charge in [-0.25, -0.2) is 0 Å². The van der Waals surface area contributed by atoms with Crippen LogP contribution in [0.1, 0.15) is 149 Å². The number of nitrogens with two attached hydrogens (primary N) is 2. The quantitative estimate of drug-likeness (QED) is 0.0427. The summed E-state index contributed by atoms with van der Waals surface area (Å²) >= 11 is 0. The van der Waals surface area contributed by atoms with Crippen molar-refractivity contribution < 1.29 is 102 Å². The summed E-state index contributed by atoms with van der Waals surface area (Å²) in [5.74, 6) is -16.3. The number of aromatic nitrogens is 2. The van der Waals surface area contributed by atoms with Gasteiger partial charge in [0, 0.05) is 113 Å².